The molecule has 0 aliphatic heterocycles. The van der Waals surface area contributed by atoms with Crippen LogP contribution in [0.4, 0.5) is 0 Å². The smallest absolute Gasteiger partial charge is 0.135 e. The Hall–Kier alpha value is -1.76. The SMILES string of the molecule is C=C/C=c1/oc2ccc(C)cc2c1=C(C)C. The van der Waals surface area contributed by atoms with E-state index in [2.05, 4.69) is 39.5 Å². The maximum absolute atomic E-state index is 5.81. The Labute approximate surface area is 95.4 Å². The zero-order valence-electron chi connectivity index (χ0n) is 10.0. The van der Waals surface area contributed by atoms with Crippen molar-refractivity contribution < 1.29 is 4.42 Å². The summed E-state index contributed by atoms with van der Waals surface area (Å²) in [7, 11) is 0. The fraction of sp³-hybridized carbons (Fsp3) is 0.200. The van der Waals surface area contributed by atoms with E-state index in [4.69, 9.17) is 4.42 Å². The highest BCUT2D eigenvalue weighted by atomic mass is 16.3. The van der Waals surface area contributed by atoms with Crippen molar-refractivity contribution in [3.63, 3.8) is 0 Å². The van der Waals surface area contributed by atoms with Crippen molar-refractivity contribution in [3.8, 4) is 0 Å². The fourth-order valence-electron chi connectivity index (χ4n) is 1.97. The molecule has 0 saturated carbocycles. The van der Waals surface area contributed by atoms with E-state index in [9.17, 15) is 0 Å². The summed E-state index contributed by atoms with van der Waals surface area (Å²) in [4.78, 5) is 0. The molecule has 0 spiro atoms. The molecule has 2 aromatic rings. The van der Waals surface area contributed by atoms with Gasteiger partial charge in [0.1, 0.15) is 11.0 Å². The normalized spacial score (nSPS) is 12.1. The molecule has 0 aliphatic rings. The van der Waals surface area contributed by atoms with Gasteiger partial charge in [0, 0.05) is 10.6 Å². The van der Waals surface area contributed by atoms with Gasteiger partial charge in [-0.25, -0.2) is 0 Å². The van der Waals surface area contributed by atoms with Crippen molar-refractivity contribution in [3.05, 3.63) is 47.1 Å². The fourth-order valence-corrected chi connectivity index (χ4v) is 1.97. The number of hydrogen-bond acceptors (Lipinski definition) is 1. The second-order valence-corrected chi connectivity index (χ2v) is 4.24. The molecule has 1 nitrogen and oxygen atoms in total. The topological polar surface area (TPSA) is 13.1 Å². The number of hydrogen-bond donors (Lipinski definition) is 0. The zero-order valence-corrected chi connectivity index (χ0v) is 10.0. The van der Waals surface area contributed by atoms with Gasteiger partial charge in [0.15, 0.2) is 0 Å². The van der Waals surface area contributed by atoms with Gasteiger partial charge >= 0.3 is 0 Å². The van der Waals surface area contributed by atoms with Crippen molar-refractivity contribution in [2.45, 2.75) is 20.8 Å². The summed E-state index contributed by atoms with van der Waals surface area (Å²) in [5.41, 5.74) is 4.35. The largest absolute Gasteiger partial charge is 0.456 e. The highest BCUT2D eigenvalue weighted by Gasteiger charge is 2.03. The predicted molar refractivity (Wildman–Crippen MR) is 69.6 cm³/mol. The number of fused-ring (bicyclic) bond motifs is 1. The van der Waals surface area contributed by atoms with Crippen LogP contribution < -0.4 is 10.6 Å². The van der Waals surface area contributed by atoms with Crippen molar-refractivity contribution in [1.29, 1.82) is 0 Å². The first-order chi connectivity index (χ1) is 7.63. The summed E-state index contributed by atoms with van der Waals surface area (Å²) in [6.07, 6.45) is 3.68. The molecule has 82 valence electrons. The van der Waals surface area contributed by atoms with Gasteiger partial charge in [-0.3, -0.25) is 0 Å². The van der Waals surface area contributed by atoms with Gasteiger partial charge in [-0.15, -0.1) is 0 Å². The quantitative estimate of drug-likeness (QED) is 0.708. The monoisotopic (exact) mass is 212 g/mol. The first-order valence-corrected chi connectivity index (χ1v) is 5.43. The van der Waals surface area contributed by atoms with Crippen molar-refractivity contribution in [1.82, 2.24) is 0 Å². The number of aryl methyl sites for hydroxylation is 1. The van der Waals surface area contributed by atoms with E-state index in [1.165, 1.54) is 21.7 Å². The van der Waals surface area contributed by atoms with E-state index >= 15 is 0 Å². The van der Waals surface area contributed by atoms with Crippen LogP contribution in [0, 0.1) is 6.92 Å². The van der Waals surface area contributed by atoms with Gasteiger partial charge in [-0.2, -0.15) is 0 Å². The average Bonchev–Trinajstić information content (AvgIpc) is 2.55. The first-order valence-electron chi connectivity index (χ1n) is 5.43. The van der Waals surface area contributed by atoms with E-state index in [-0.39, 0.29) is 0 Å². The van der Waals surface area contributed by atoms with Crippen LogP contribution in [-0.2, 0) is 0 Å². The molecule has 0 aliphatic carbocycles. The van der Waals surface area contributed by atoms with Crippen LogP contribution >= 0.6 is 0 Å². The molecule has 0 unspecified atom stereocenters. The van der Waals surface area contributed by atoms with Crippen molar-refractivity contribution >= 4 is 22.6 Å². The summed E-state index contributed by atoms with van der Waals surface area (Å²) < 4.78 is 5.81. The molecule has 0 radical (unpaired) electrons. The standard InChI is InChI=1S/C15H16O/c1-5-6-14-15(10(2)3)12-9-11(4)7-8-13(12)16-14/h5-9H,1H2,2-4H3/b14-6+. The molecule has 1 aromatic heterocycles. The second kappa shape index (κ2) is 4.01. The summed E-state index contributed by atoms with van der Waals surface area (Å²) in [6.45, 7) is 10.0. The number of furan rings is 1. The molecule has 16 heavy (non-hydrogen) atoms. The number of benzene rings is 1. The Bertz CT molecular complexity index is 653. The summed E-state index contributed by atoms with van der Waals surface area (Å²) in [5, 5.41) is 2.38. The van der Waals surface area contributed by atoms with Gasteiger partial charge < -0.3 is 4.42 Å². The van der Waals surface area contributed by atoms with Crippen molar-refractivity contribution in [2.24, 2.45) is 0 Å². The minimum Gasteiger partial charge on any atom is -0.456 e. The van der Waals surface area contributed by atoms with Gasteiger partial charge in [0.05, 0.1) is 0 Å². The van der Waals surface area contributed by atoms with Gasteiger partial charge in [0.2, 0.25) is 0 Å². The zero-order chi connectivity index (χ0) is 11.7. The lowest BCUT2D eigenvalue weighted by Crippen LogP contribution is -2.21. The Morgan fingerprint density at radius 2 is 2.06 bits per heavy atom. The van der Waals surface area contributed by atoms with Gasteiger partial charge in [-0.1, -0.05) is 29.9 Å². The van der Waals surface area contributed by atoms with E-state index < -0.39 is 0 Å². The maximum Gasteiger partial charge on any atom is 0.135 e. The molecule has 0 saturated heterocycles. The van der Waals surface area contributed by atoms with Crippen molar-refractivity contribution in [2.75, 3.05) is 0 Å². The Balaban J connectivity index is 3.07. The Morgan fingerprint density at radius 3 is 2.69 bits per heavy atom. The molecule has 1 aromatic carbocycles. The minimum absolute atomic E-state index is 0.899. The highest BCUT2D eigenvalue weighted by Crippen LogP contribution is 2.11. The molecular weight excluding hydrogens is 196 g/mol. The minimum atomic E-state index is 0.899. The van der Waals surface area contributed by atoms with Crippen LogP contribution in [0.2, 0.25) is 0 Å². The molecule has 1 heteroatoms. The molecule has 2 rings (SSSR count). The average molecular weight is 212 g/mol. The molecule has 0 N–H and O–H groups in total. The van der Waals surface area contributed by atoms with E-state index in [1.807, 2.05) is 12.1 Å². The molecule has 0 bridgehead atoms. The van der Waals surface area contributed by atoms with E-state index in [0.717, 1.165) is 11.0 Å². The molecule has 0 amide bonds. The van der Waals surface area contributed by atoms with Crippen LogP contribution in [0.3, 0.4) is 0 Å². The lowest BCUT2D eigenvalue weighted by atomic mass is 10.1. The third-order valence-electron chi connectivity index (χ3n) is 2.64. The summed E-state index contributed by atoms with van der Waals surface area (Å²) in [5.74, 6) is 0. The lowest BCUT2D eigenvalue weighted by molar-refractivity contribution is 0.575. The van der Waals surface area contributed by atoms with Crippen LogP contribution in [0.15, 0.2) is 35.3 Å². The first kappa shape index (κ1) is 10.7. The summed E-state index contributed by atoms with van der Waals surface area (Å²) in [6, 6.07) is 6.26. The third kappa shape index (κ3) is 1.69. The van der Waals surface area contributed by atoms with Gasteiger partial charge in [0.25, 0.3) is 0 Å². The Kier molecular flexibility index (Phi) is 2.69. The number of allylic oxidation sites excluding steroid dienone is 1. The molecular formula is C15H16O. The Morgan fingerprint density at radius 1 is 1.31 bits per heavy atom. The van der Waals surface area contributed by atoms with E-state index in [0.29, 0.717) is 0 Å². The molecule has 1 heterocycles. The molecule has 0 atom stereocenters. The number of rotatable bonds is 1. The lowest BCUT2D eigenvalue weighted by Gasteiger charge is -1.92. The van der Waals surface area contributed by atoms with Gasteiger partial charge in [-0.05, 0) is 39.0 Å². The second-order valence-electron chi connectivity index (χ2n) is 4.24. The van der Waals surface area contributed by atoms with Crippen LogP contribution in [-0.4, -0.2) is 0 Å². The summed E-state index contributed by atoms with van der Waals surface area (Å²) >= 11 is 0. The maximum atomic E-state index is 5.81. The highest BCUT2D eigenvalue weighted by molar-refractivity contribution is 5.81. The van der Waals surface area contributed by atoms with Crippen LogP contribution in [0.25, 0.3) is 22.6 Å². The third-order valence-corrected chi connectivity index (χ3v) is 2.64. The van der Waals surface area contributed by atoms with E-state index in [1.54, 1.807) is 6.08 Å². The van der Waals surface area contributed by atoms with Crippen LogP contribution in [0.5, 0.6) is 0 Å². The van der Waals surface area contributed by atoms with Crippen LogP contribution in [0.1, 0.15) is 19.4 Å². The molecule has 0 fully saturated rings. The predicted octanol–water partition coefficient (Wildman–Crippen LogP) is 2.90.